The zero-order chi connectivity index (χ0) is 11.7. The summed E-state index contributed by atoms with van der Waals surface area (Å²) >= 11 is 4.36. The van der Waals surface area contributed by atoms with Crippen molar-refractivity contribution in [3.05, 3.63) is 26.7 Å². The maximum Gasteiger partial charge on any atom is 0.348 e. The van der Waals surface area contributed by atoms with Crippen molar-refractivity contribution in [1.29, 1.82) is 0 Å². The maximum absolute atomic E-state index is 11.0. The van der Waals surface area contributed by atoms with E-state index < -0.39 is 5.97 Å². The van der Waals surface area contributed by atoms with Crippen molar-refractivity contribution in [2.75, 3.05) is 0 Å². The Kier molecular flexibility index (Phi) is 3.11. The average molecular weight is 302 g/mol. The summed E-state index contributed by atoms with van der Waals surface area (Å²) in [5.74, 6) is -0.500. The van der Waals surface area contributed by atoms with Crippen LogP contribution in [0.25, 0.3) is 11.5 Å². The molecule has 0 fully saturated rings. The van der Waals surface area contributed by atoms with Crippen LogP contribution in [0, 0.1) is 0 Å². The first-order valence-corrected chi connectivity index (χ1v) is 6.21. The van der Waals surface area contributed by atoms with E-state index in [2.05, 4.69) is 20.9 Å². The first-order valence-electron chi connectivity index (χ1n) is 4.60. The van der Waals surface area contributed by atoms with E-state index in [9.17, 15) is 4.79 Å². The Bertz CT molecular complexity index is 532. The highest BCUT2D eigenvalue weighted by Crippen LogP contribution is 2.31. The normalized spacial score (nSPS) is 10.6. The van der Waals surface area contributed by atoms with E-state index in [1.807, 2.05) is 6.92 Å². The number of carbonyl (C=O) groups is 1. The van der Waals surface area contributed by atoms with Crippen LogP contribution in [0.2, 0.25) is 0 Å². The molecule has 0 saturated carbocycles. The molecule has 0 amide bonds. The van der Waals surface area contributed by atoms with Crippen molar-refractivity contribution >= 4 is 33.2 Å². The minimum Gasteiger partial charge on any atom is -0.477 e. The van der Waals surface area contributed by atoms with Gasteiger partial charge in [0.2, 0.25) is 0 Å². The fraction of sp³-hybridized carbons (Fsp3) is 0.200. The predicted octanol–water partition coefficient (Wildman–Crippen LogP) is 3.43. The Morgan fingerprint density at radius 3 is 2.88 bits per heavy atom. The molecule has 0 radical (unpaired) electrons. The molecule has 2 heterocycles. The van der Waals surface area contributed by atoms with Gasteiger partial charge in [-0.1, -0.05) is 6.92 Å². The number of aryl methyl sites for hydroxylation is 1. The quantitative estimate of drug-likeness (QED) is 0.943. The molecule has 2 aromatic heterocycles. The van der Waals surface area contributed by atoms with Gasteiger partial charge in [-0.2, -0.15) is 0 Å². The van der Waals surface area contributed by atoms with E-state index in [4.69, 9.17) is 9.52 Å². The summed E-state index contributed by atoms with van der Waals surface area (Å²) in [6.45, 7) is 1.94. The molecule has 2 aromatic rings. The van der Waals surface area contributed by atoms with Crippen molar-refractivity contribution in [3.63, 3.8) is 0 Å². The molecule has 0 bridgehead atoms. The SMILES string of the molecule is CCc1nc(-c2ccc(Br)o2)c(C(=O)O)s1. The number of thiazole rings is 1. The fourth-order valence-electron chi connectivity index (χ4n) is 1.27. The lowest BCUT2D eigenvalue weighted by molar-refractivity contribution is 0.0702. The summed E-state index contributed by atoms with van der Waals surface area (Å²) in [4.78, 5) is 15.5. The third-order valence-corrected chi connectivity index (χ3v) is 3.59. The number of aromatic carboxylic acids is 1. The molecule has 0 saturated heterocycles. The van der Waals surface area contributed by atoms with Crippen LogP contribution < -0.4 is 0 Å². The number of hydrogen-bond donors (Lipinski definition) is 1. The Balaban J connectivity index is 2.54. The molecule has 0 spiro atoms. The molecular formula is C10H8BrNO3S. The number of carboxylic acid groups (broad SMARTS) is 1. The van der Waals surface area contributed by atoms with Gasteiger partial charge >= 0.3 is 5.97 Å². The van der Waals surface area contributed by atoms with Crippen molar-refractivity contribution in [1.82, 2.24) is 4.98 Å². The third-order valence-electron chi connectivity index (χ3n) is 1.97. The van der Waals surface area contributed by atoms with Gasteiger partial charge in [-0.05, 0) is 34.5 Å². The van der Waals surface area contributed by atoms with Gasteiger partial charge in [-0.3, -0.25) is 0 Å². The standard InChI is InChI=1S/C10H8BrNO3S/c1-2-7-12-8(9(16-7)10(13)14)5-3-4-6(11)15-5/h3-4H,2H2,1H3,(H,13,14). The second kappa shape index (κ2) is 4.39. The van der Waals surface area contributed by atoms with E-state index in [0.717, 1.165) is 5.01 Å². The highest BCUT2D eigenvalue weighted by atomic mass is 79.9. The number of hydrogen-bond acceptors (Lipinski definition) is 4. The second-order valence-corrected chi connectivity index (χ2v) is 4.91. The van der Waals surface area contributed by atoms with E-state index in [1.54, 1.807) is 12.1 Å². The van der Waals surface area contributed by atoms with Crippen molar-refractivity contribution in [2.24, 2.45) is 0 Å². The van der Waals surface area contributed by atoms with Crippen LogP contribution in [0.5, 0.6) is 0 Å². The van der Waals surface area contributed by atoms with Crippen molar-refractivity contribution in [3.8, 4) is 11.5 Å². The summed E-state index contributed by atoms with van der Waals surface area (Å²) < 4.78 is 5.88. The minimum absolute atomic E-state index is 0.221. The summed E-state index contributed by atoms with van der Waals surface area (Å²) in [7, 11) is 0. The van der Waals surface area contributed by atoms with Crippen LogP contribution in [0.1, 0.15) is 21.6 Å². The minimum atomic E-state index is -0.972. The zero-order valence-electron chi connectivity index (χ0n) is 8.36. The van der Waals surface area contributed by atoms with Crippen LogP contribution in [0.15, 0.2) is 21.2 Å². The molecule has 1 N–H and O–H groups in total. The second-order valence-electron chi connectivity index (χ2n) is 3.05. The van der Waals surface area contributed by atoms with Crippen molar-refractivity contribution in [2.45, 2.75) is 13.3 Å². The molecule has 0 atom stereocenters. The summed E-state index contributed by atoms with van der Waals surface area (Å²) in [5.41, 5.74) is 0.403. The third kappa shape index (κ3) is 2.03. The number of carboxylic acids is 1. The molecule has 4 nitrogen and oxygen atoms in total. The topological polar surface area (TPSA) is 63.3 Å². The number of nitrogens with zero attached hydrogens (tertiary/aromatic N) is 1. The molecule has 0 aliphatic carbocycles. The predicted molar refractivity (Wildman–Crippen MR) is 63.9 cm³/mol. The zero-order valence-corrected chi connectivity index (χ0v) is 10.8. The number of halogens is 1. The Morgan fingerprint density at radius 2 is 2.38 bits per heavy atom. The highest BCUT2D eigenvalue weighted by molar-refractivity contribution is 9.10. The van der Waals surface area contributed by atoms with Crippen LogP contribution in [-0.2, 0) is 6.42 Å². The summed E-state index contributed by atoms with van der Waals surface area (Å²) in [6.07, 6.45) is 0.715. The Hall–Kier alpha value is -1.14. The lowest BCUT2D eigenvalue weighted by Gasteiger charge is -1.92. The van der Waals surface area contributed by atoms with Crippen LogP contribution in [-0.4, -0.2) is 16.1 Å². The van der Waals surface area contributed by atoms with Crippen LogP contribution in [0.4, 0.5) is 0 Å². The molecule has 2 rings (SSSR count). The Labute approximate surface area is 104 Å². The van der Waals surface area contributed by atoms with Gasteiger partial charge in [0.1, 0.15) is 10.6 Å². The van der Waals surface area contributed by atoms with Gasteiger partial charge in [0.05, 0.1) is 5.01 Å². The smallest absolute Gasteiger partial charge is 0.348 e. The van der Waals surface area contributed by atoms with Gasteiger partial charge in [-0.25, -0.2) is 9.78 Å². The first-order chi connectivity index (χ1) is 7.61. The Morgan fingerprint density at radius 1 is 1.62 bits per heavy atom. The summed E-state index contributed by atoms with van der Waals surface area (Å²) in [5, 5.41) is 9.85. The highest BCUT2D eigenvalue weighted by Gasteiger charge is 2.20. The lowest BCUT2D eigenvalue weighted by atomic mass is 10.3. The van der Waals surface area contributed by atoms with Crippen LogP contribution in [0.3, 0.4) is 0 Å². The first kappa shape index (κ1) is 11.3. The number of aromatic nitrogens is 1. The molecule has 6 heteroatoms. The van der Waals surface area contributed by atoms with Crippen molar-refractivity contribution < 1.29 is 14.3 Å². The maximum atomic E-state index is 11.0. The lowest BCUT2D eigenvalue weighted by Crippen LogP contribution is -1.94. The van der Waals surface area contributed by atoms with E-state index >= 15 is 0 Å². The number of furan rings is 1. The molecule has 0 unspecified atom stereocenters. The van der Waals surface area contributed by atoms with Crippen LogP contribution >= 0.6 is 27.3 Å². The van der Waals surface area contributed by atoms with Gasteiger partial charge in [0, 0.05) is 0 Å². The molecule has 0 aromatic carbocycles. The molecule has 0 aliphatic rings. The van der Waals surface area contributed by atoms with E-state index in [-0.39, 0.29) is 4.88 Å². The molecule has 0 aliphatic heterocycles. The molecule has 84 valence electrons. The fourth-order valence-corrected chi connectivity index (χ4v) is 2.42. The van der Waals surface area contributed by atoms with Gasteiger partial charge < -0.3 is 9.52 Å². The van der Waals surface area contributed by atoms with E-state index in [1.165, 1.54) is 11.3 Å². The molecular weight excluding hydrogens is 294 g/mol. The number of rotatable bonds is 3. The van der Waals surface area contributed by atoms with Gasteiger partial charge in [0.25, 0.3) is 0 Å². The molecule has 16 heavy (non-hydrogen) atoms. The monoisotopic (exact) mass is 301 g/mol. The summed E-state index contributed by atoms with van der Waals surface area (Å²) in [6, 6.07) is 3.41. The largest absolute Gasteiger partial charge is 0.477 e. The average Bonchev–Trinajstić information content (AvgIpc) is 2.82. The van der Waals surface area contributed by atoms with E-state index in [0.29, 0.717) is 22.5 Å². The van der Waals surface area contributed by atoms with Gasteiger partial charge in [0.15, 0.2) is 10.4 Å². The van der Waals surface area contributed by atoms with Gasteiger partial charge in [-0.15, -0.1) is 11.3 Å².